The average Bonchev–Trinajstić information content (AvgIpc) is 3.14. The highest BCUT2D eigenvalue weighted by atomic mass is 127. The fourth-order valence-electron chi connectivity index (χ4n) is 2.18. The lowest BCUT2D eigenvalue weighted by molar-refractivity contribution is -0.384. The van der Waals surface area contributed by atoms with Crippen molar-refractivity contribution in [3.05, 3.63) is 78.8 Å². The summed E-state index contributed by atoms with van der Waals surface area (Å²) in [5.74, 6) is 0. The van der Waals surface area contributed by atoms with Crippen molar-refractivity contribution >= 4 is 50.9 Å². The highest BCUT2D eigenvalue weighted by Gasteiger charge is 2.12. The van der Waals surface area contributed by atoms with Gasteiger partial charge in [0.2, 0.25) is 0 Å². The SMILES string of the molecule is N#CC(=CNc1ccccc1I)c1nc(-c2cccc([N+](=O)[O-])c2)cs1. The van der Waals surface area contributed by atoms with E-state index in [1.807, 2.05) is 24.3 Å². The van der Waals surface area contributed by atoms with Crippen LogP contribution in [0.1, 0.15) is 5.01 Å². The molecule has 0 aliphatic heterocycles. The van der Waals surface area contributed by atoms with Gasteiger partial charge in [0.1, 0.15) is 16.6 Å². The Kier molecular flexibility index (Phi) is 5.60. The molecule has 0 aliphatic rings. The Labute approximate surface area is 167 Å². The van der Waals surface area contributed by atoms with Crippen LogP contribution in [0.3, 0.4) is 0 Å². The summed E-state index contributed by atoms with van der Waals surface area (Å²) >= 11 is 3.53. The Morgan fingerprint density at radius 2 is 2.12 bits per heavy atom. The molecule has 1 heterocycles. The van der Waals surface area contributed by atoms with Crippen LogP contribution in [0.2, 0.25) is 0 Å². The largest absolute Gasteiger partial charge is 0.359 e. The van der Waals surface area contributed by atoms with Gasteiger partial charge in [-0.2, -0.15) is 5.26 Å². The maximum atomic E-state index is 10.9. The fraction of sp³-hybridized carbons (Fsp3) is 0. The molecular weight excluding hydrogens is 463 g/mol. The minimum atomic E-state index is -0.442. The number of nitrogens with zero attached hydrogens (tertiary/aromatic N) is 3. The number of rotatable bonds is 5. The van der Waals surface area contributed by atoms with Crippen molar-refractivity contribution < 1.29 is 4.92 Å². The summed E-state index contributed by atoms with van der Waals surface area (Å²) in [6.45, 7) is 0. The van der Waals surface area contributed by atoms with E-state index in [2.05, 4.69) is 39.0 Å². The molecule has 0 unspecified atom stereocenters. The monoisotopic (exact) mass is 474 g/mol. The highest BCUT2D eigenvalue weighted by molar-refractivity contribution is 14.1. The number of aromatic nitrogens is 1. The molecule has 0 bridgehead atoms. The molecule has 0 saturated carbocycles. The van der Waals surface area contributed by atoms with Crippen LogP contribution < -0.4 is 5.32 Å². The zero-order chi connectivity index (χ0) is 18.5. The topological polar surface area (TPSA) is 91.8 Å². The van der Waals surface area contributed by atoms with Gasteiger partial charge in [-0.3, -0.25) is 10.1 Å². The van der Waals surface area contributed by atoms with Gasteiger partial charge in [-0.05, 0) is 34.7 Å². The van der Waals surface area contributed by atoms with Crippen molar-refractivity contribution in [2.75, 3.05) is 5.32 Å². The van der Waals surface area contributed by atoms with E-state index in [0.29, 0.717) is 21.8 Å². The third-order valence-electron chi connectivity index (χ3n) is 3.45. The van der Waals surface area contributed by atoms with Crippen LogP contribution in [0.4, 0.5) is 11.4 Å². The quantitative estimate of drug-likeness (QED) is 0.235. The standard InChI is InChI=1S/C18H11IN4O2S/c19-15-6-1-2-7-16(15)21-10-13(9-20)18-22-17(11-26-18)12-4-3-5-14(8-12)23(24)25/h1-8,10-11,21H. The van der Waals surface area contributed by atoms with Crippen LogP contribution in [0.5, 0.6) is 0 Å². The molecule has 128 valence electrons. The predicted molar refractivity (Wildman–Crippen MR) is 111 cm³/mol. The van der Waals surface area contributed by atoms with Gasteiger partial charge in [0.05, 0.1) is 16.3 Å². The van der Waals surface area contributed by atoms with E-state index in [9.17, 15) is 15.4 Å². The van der Waals surface area contributed by atoms with Crippen LogP contribution in [-0.4, -0.2) is 9.91 Å². The van der Waals surface area contributed by atoms with E-state index >= 15 is 0 Å². The maximum absolute atomic E-state index is 10.9. The Morgan fingerprint density at radius 3 is 2.85 bits per heavy atom. The van der Waals surface area contributed by atoms with Crippen molar-refractivity contribution in [2.24, 2.45) is 0 Å². The van der Waals surface area contributed by atoms with E-state index in [1.165, 1.54) is 23.5 Å². The molecule has 1 aromatic heterocycles. The minimum Gasteiger partial charge on any atom is -0.359 e. The second-order valence-corrected chi connectivity index (χ2v) is 7.16. The highest BCUT2D eigenvalue weighted by Crippen LogP contribution is 2.28. The Balaban J connectivity index is 1.87. The number of benzene rings is 2. The molecule has 0 amide bonds. The van der Waals surface area contributed by atoms with E-state index in [0.717, 1.165) is 9.26 Å². The lowest BCUT2D eigenvalue weighted by atomic mass is 10.1. The molecule has 0 aliphatic carbocycles. The molecule has 2 aromatic carbocycles. The summed E-state index contributed by atoms with van der Waals surface area (Å²) < 4.78 is 1.04. The first-order valence-electron chi connectivity index (χ1n) is 7.40. The van der Waals surface area contributed by atoms with Crippen LogP contribution in [-0.2, 0) is 0 Å². The van der Waals surface area contributed by atoms with Gasteiger partial charge in [0.15, 0.2) is 0 Å². The summed E-state index contributed by atoms with van der Waals surface area (Å²) in [5.41, 5.74) is 2.55. The number of halogens is 1. The van der Waals surface area contributed by atoms with Crippen molar-refractivity contribution in [1.82, 2.24) is 4.98 Å². The first kappa shape index (κ1) is 18.0. The van der Waals surface area contributed by atoms with Crippen molar-refractivity contribution in [3.8, 4) is 17.3 Å². The summed E-state index contributed by atoms with van der Waals surface area (Å²) in [5, 5.41) is 25.8. The molecule has 6 nitrogen and oxygen atoms in total. The van der Waals surface area contributed by atoms with Crippen molar-refractivity contribution in [2.45, 2.75) is 0 Å². The van der Waals surface area contributed by atoms with Gasteiger partial charge in [0, 0.05) is 32.8 Å². The van der Waals surface area contributed by atoms with Gasteiger partial charge < -0.3 is 5.32 Å². The molecule has 0 atom stereocenters. The smallest absolute Gasteiger partial charge is 0.270 e. The second-order valence-electron chi connectivity index (χ2n) is 5.14. The summed E-state index contributed by atoms with van der Waals surface area (Å²) in [7, 11) is 0. The Bertz CT molecular complexity index is 1040. The number of nitriles is 1. The van der Waals surface area contributed by atoms with E-state index < -0.39 is 4.92 Å². The normalized spacial score (nSPS) is 11.0. The van der Waals surface area contributed by atoms with Crippen LogP contribution in [0, 0.1) is 25.0 Å². The third kappa shape index (κ3) is 4.07. The van der Waals surface area contributed by atoms with Crippen molar-refractivity contribution in [3.63, 3.8) is 0 Å². The number of thiazole rings is 1. The van der Waals surface area contributed by atoms with E-state index in [1.54, 1.807) is 23.7 Å². The zero-order valence-corrected chi connectivity index (χ0v) is 16.2. The number of nitrogens with one attached hydrogen (secondary N) is 1. The zero-order valence-electron chi connectivity index (χ0n) is 13.2. The van der Waals surface area contributed by atoms with E-state index in [4.69, 9.17) is 0 Å². The van der Waals surface area contributed by atoms with E-state index in [-0.39, 0.29) is 5.69 Å². The molecule has 0 fully saturated rings. The molecule has 0 saturated heterocycles. The molecule has 3 rings (SSSR count). The Hall–Kier alpha value is -2.77. The molecule has 8 heteroatoms. The number of hydrogen-bond acceptors (Lipinski definition) is 6. The van der Waals surface area contributed by atoms with Gasteiger partial charge in [0.25, 0.3) is 5.69 Å². The number of nitro benzene ring substituents is 1. The maximum Gasteiger partial charge on any atom is 0.270 e. The van der Waals surface area contributed by atoms with Crippen molar-refractivity contribution in [1.29, 1.82) is 5.26 Å². The number of nitro groups is 1. The summed E-state index contributed by atoms with van der Waals surface area (Å²) in [4.78, 5) is 14.9. The fourth-order valence-corrected chi connectivity index (χ4v) is 3.52. The Morgan fingerprint density at radius 1 is 1.31 bits per heavy atom. The molecule has 1 N–H and O–H groups in total. The molecular formula is C18H11IN4O2S. The first-order valence-corrected chi connectivity index (χ1v) is 9.36. The number of allylic oxidation sites excluding steroid dienone is 1. The number of para-hydroxylation sites is 1. The predicted octanol–water partition coefficient (Wildman–Crippen LogP) is 5.30. The van der Waals surface area contributed by atoms with Gasteiger partial charge in [-0.25, -0.2) is 4.98 Å². The molecule has 3 aromatic rings. The third-order valence-corrected chi connectivity index (χ3v) is 5.27. The molecule has 0 spiro atoms. The number of hydrogen-bond donors (Lipinski definition) is 1. The second kappa shape index (κ2) is 8.07. The summed E-state index contributed by atoms with van der Waals surface area (Å²) in [6.07, 6.45) is 1.62. The van der Waals surface area contributed by atoms with Crippen LogP contribution in [0.25, 0.3) is 16.8 Å². The first-order chi connectivity index (χ1) is 12.6. The lowest BCUT2D eigenvalue weighted by Gasteiger charge is -2.03. The average molecular weight is 474 g/mol. The number of anilines is 1. The summed E-state index contributed by atoms with van der Waals surface area (Å²) in [6, 6.07) is 16.2. The number of non-ortho nitro benzene ring substituents is 1. The van der Waals surface area contributed by atoms with Crippen LogP contribution in [0.15, 0.2) is 60.1 Å². The molecule has 26 heavy (non-hydrogen) atoms. The van der Waals surface area contributed by atoms with Crippen LogP contribution >= 0.6 is 33.9 Å². The lowest BCUT2D eigenvalue weighted by Crippen LogP contribution is -1.93. The molecule has 0 radical (unpaired) electrons. The van der Waals surface area contributed by atoms with Gasteiger partial charge in [-0.15, -0.1) is 11.3 Å². The van der Waals surface area contributed by atoms with Gasteiger partial charge >= 0.3 is 0 Å². The van der Waals surface area contributed by atoms with Gasteiger partial charge in [-0.1, -0.05) is 24.3 Å². The minimum absolute atomic E-state index is 0.00779.